The van der Waals surface area contributed by atoms with Crippen molar-refractivity contribution in [3.63, 3.8) is 0 Å². The highest BCUT2D eigenvalue weighted by Crippen LogP contribution is 2.22. The van der Waals surface area contributed by atoms with E-state index in [0.29, 0.717) is 36.6 Å². The molecule has 1 fully saturated rings. The minimum atomic E-state index is -0.131. The molecule has 1 aliphatic carbocycles. The van der Waals surface area contributed by atoms with Crippen molar-refractivity contribution in [3.05, 3.63) is 40.3 Å². The summed E-state index contributed by atoms with van der Waals surface area (Å²) >= 11 is 0. The largest absolute Gasteiger partial charge is 0.355 e. The Kier molecular flexibility index (Phi) is 6.45. The van der Waals surface area contributed by atoms with E-state index in [1.54, 1.807) is 10.8 Å². The molecule has 7 heteroatoms. The number of nitrogens with one attached hydrogen (secondary N) is 1. The van der Waals surface area contributed by atoms with Crippen molar-refractivity contribution >= 4 is 22.9 Å². The zero-order valence-electron chi connectivity index (χ0n) is 17.8. The van der Waals surface area contributed by atoms with E-state index in [9.17, 15) is 9.59 Å². The second-order valence-electron chi connectivity index (χ2n) is 8.27. The molecular formula is C23H31N5O2. The lowest BCUT2D eigenvalue weighted by Crippen LogP contribution is -2.45. The first-order chi connectivity index (χ1) is 14.7. The van der Waals surface area contributed by atoms with Crippen LogP contribution in [0.2, 0.25) is 0 Å². The maximum absolute atomic E-state index is 13.0. The van der Waals surface area contributed by atoms with Gasteiger partial charge in [0, 0.05) is 32.4 Å². The van der Waals surface area contributed by atoms with E-state index in [2.05, 4.69) is 21.4 Å². The molecule has 1 atom stereocenters. The van der Waals surface area contributed by atoms with Crippen molar-refractivity contribution in [2.75, 3.05) is 24.5 Å². The fourth-order valence-corrected chi connectivity index (χ4v) is 4.57. The highest BCUT2D eigenvalue weighted by molar-refractivity contribution is 5.79. The van der Waals surface area contributed by atoms with E-state index >= 15 is 0 Å². The zero-order chi connectivity index (χ0) is 20.9. The molecule has 7 nitrogen and oxygen atoms in total. The normalized spacial score (nSPS) is 19.6. The van der Waals surface area contributed by atoms with Gasteiger partial charge in [-0.3, -0.25) is 14.2 Å². The van der Waals surface area contributed by atoms with Crippen molar-refractivity contribution in [1.29, 1.82) is 0 Å². The van der Waals surface area contributed by atoms with Crippen LogP contribution in [0, 0.1) is 5.92 Å². The first-order valence-corrected chi connectivity index (χ1v) is 11.2. The molecule has 160 valence electrons. The van der Waals surface area contributed by atoms with Crippen LogP contribution in [-0.2, 0) is 11.3 Å². The van der Waals surface area contributed by atoms with Gasteiger partial charge in [-0.05, 0) is 64.0 Å². The molecule has 4 rings (SSSR count). The first-order valence-electron chi connectivity index (χ1n) is 11.2. The van der Waals surface area contributed by atoms with Gasteiger partial charge in [0.2, 0.25) is 5.91 Å². The maximum Gasteiger partial charge on any atom is 0.295 e. The van der Waals surface area contributed by atoms with Crippen molar-refractivity contribution in [3.8, 4) is 0 Å². The summed E-state index contributed by atoms with van der Waals surface area (Å²) in [5, 5.41) is 3.12. The van der Waals surface area contributed by atoms with Crippen LogP contribution >= 0.6 is 0 Å². The molecule has 1 unspecified atom stereocenters. The Balaban J connectivity index is 1.45. The van der Waals surface area contributed by atoms with Crippen LogP contribution < -0.4 is 15.8 Å². The molecule has 0 bridgehead atoms. The number of allylic oxidation sites excluding steroid dienone is 1. The number of fused-ring (bicyclic) bond motifs is 1. The molecule has 0 aromatic carbocycles. The average Bonchev–Trinajstić information content (AvgIpc) is 2.79. The van der Waals surface area contributed by atoms with Crippen molar-refractivity contribution < 1.29 is 4.79 Å². The van der Waals surface area contributed by atoms with Crippen molar-refractivity contribution in [1.82, 2.24) is 19.9 Å². The van der Waals surface area contributed by atoms with Gasteiger partial charge < -0.3 is 10.2 Å². The van der Waals surface area contributed by atoms with E-state index in [-0.39, 0.29) is 17.4 Å². The lowest BCUT2D eigenvalue weighted by Gasteiger charge is -2.32. The third-order valence-corrected chi connectivity index (χ3v) is 6.22. The number of carbonyl (C=O) groups is 1. The highest BCUT2D eigenvalue weighted by atomic mass is 16.2. The summed E-state index contributed by atoms with van der Waals surface area (Å²) in [4.78, 5) is 36.7. The van der Waals surface area contributed by atoms with Crippen LogP contribution in [0.15, 0.2) is 34.8 Å². The average molecular weight is 410 g/mol. The molecule has 1 saturated heterocycles. The lowest BCUT2D eigenvalue weighted by atomic mass is 9.96. The van der Waals surface area contributed by atoms with Gasteiger partial charge in [-0.2, -0.15) is 0 Å². The molecule has 0 saturated carbocycles. The zero-order valence-corrected chi connectivity index (χ0v) is 17.8. The number of hydrogen-bond donors (Lipinski definition) is 1. The van der Waals surface area contributed by atoms with Crippen molar-refractivity contribution in [2.24, 2.45) is 5.92 Å². The van der Waals surface area contributed by atoms with Gasteiger partial charge in [0.25, 0.3) is 5.56 Å². The summed E-state index contributed by atoms with van der Waals surface area (Å²) in [6.45, 7) is 4.45. The molecule has 1 aliphatic heterocycles. The molecular weight excluding hydrogens is 378 g/mol. The van der Waals surface area contributed by atoms with Crippen LogP contribution in [0.25, 0.3) is 11.2 Å². The van der Waals surface area contributed by atoms with Crippen LogP contribution in [-0.4, -0.2) is 40.1 Å². The highest BCUT2D eigenvalue weighted by Gasteiger charge is 2.28. The second-order valence-corrected chi connectivity index (χ2v) is 8.27. The number of piperidine rings is 1. The summed E-state index contributed by atoms with van der Waals surface area (Å²) in [7, 11) is 0. The molecule has 0 radical (unpaired) electrons. The molecule has 1 N–H and O–H groups in total. The third-order valence-electron chi connectivity index (χ3n) is 6.22. The second kappa shape index (κ2) is 9.41. The number of pyridine rings is 1. The Morgan fingerprint density at radius 2 is 2.20 bits per heavy atom. The minimum absolute atomic E-state index is 0.0920. The summed E-state index contributed by atoms with van der Waals surface area (Å²) in [5.41, 5.74) is 2.66. The van der Waals surface area contributed by atoms with Crippen LogP contribution in [0.1, 0.15) is 51.9 Å². The van der Waals surface area contributed by atoms with E-state index < -0.39 is 0 Å². The number of carbonyl (C=O) groups excluding carboxylic acids is 1. The Hall–Kier alpha value is -2.70. The Morgan fingerprint density at radius 1 is 1.30 bits per heavy atom. The van der Waals surface area contributed by atoms with E-state index in [1.165, 1.54) is 31.3 Å². The number of nitrogens with zero attached hydrogens (tertiary/aromatic N) is 4. The monoisotopic (exact) mass is 409 g/mol. The number of anilines is 1. The molecule has 0 spiro atoms. The molecule has 30 heavy (non-hydrogen) atoms. The summed E-state index contributed by atoms with van der Waals surface area (Å²) in [6.07, 6.45) is 11.6. The Bertz CT molecular complexity index is 997. The van der Waals surface area contributed by atoms with Crippen LogP contribution in [0.3, 0.4) is 0 Å². The third kappa shape index (κ3) is 4.40. The Morgan fingerprint density at radius 3 is 3.00 bits per heavy atom. The fraction of sp³-hybridized carbons (Fsp3) is 0.565. The Labute approximate surface area is 177 Å². The molecule has 3 heterocycles. The van der Waals surface area contributed by atoms with Gasteiger partial charge in [0.15, 0.2) is 11.5 Å². The van der Waals surface area contributed by atoms with E-state index in [0.717, 1.165) is 25.8 Å². The predicted molar refractivity (Wildman–Crippen MR) is 119 cm³/mol. The number of aryl methyl sites for hydroxylation is 1. The van der Waals surface area contributed by atoms with Gasteiger partial charge in [-0.1, -0.05) is 11.6 Å². The summed E-state index contributed by atoms with van der Waals surface area (Å²) in [6, 6.07) is 3.71. The van der Waals surface area contributed by atoms with Crippen molar-refractivity contribution in [2.45, 2.75) is 58.4 Å². The smallest absolute Gasteiger partial charge is 0.295 e. The predicted octanol–water partition coefficient (Wildman–Crippen LogP) is 3.03. The van der Waals surface area contributed by atoms with Gasteiger partial charge in [-0.15, -0.1) is 0 Å². The number of amides is 1. The number of hydrogen-bond acceptors (Lipinski definition) is 5. The quantitative estimate of drug-likeness (QED) is 0.742. The maximum atomic E-state index is 13.0. The van der Waals surface area contributed by atoms with Crippen LogP contribution in [0.5, 0.6) is 0 Å². The van der Waals surface area contributed by atoms with E-state index in [4.69, 9.17) is 0 Å². The minimum Gasteiger partial charge on any atom is -0.355 e. The van der Waals surface area contributed by atoms with Gasteiger partial charge in [-0.25, -0.2) is 9.97 Å². The summed E-state index contributed by atoms with van der Waals surface area (Å²) < 4.78 is 1.67. The number of aromatic nitrogens is 3. The lowest BCUT2D eigenvalue weighted by molar-refractivity contribution is -0.125. The standard InChI is InChI=1S/C23H31N5O2/c1-2-28-20-19(11-6-13-24-20)26-21(23(28)30)27-15-7-10-18(16-27)22(29)25-14-12-17-8-4-3-5-9-17/h6,8,11,13,18H,2-5,7,9-10,12,14-16H2,1H3,(H,25,29). The van der Waals surface area contributed by atoms with Crippen LogP contribution in [0.4, 0.5) is 5.82 Å². The first kappa shape index (κ1) is 20.6. The molecule has 2 aliphatic rings. The number of rotatable bonds is 6. The molecule has 2 aromatic heterocycles. The molecule has 1 amide bonds. The molecule has 2 aromatic rings. The topological polar surface area (TPSA) is 80.1 Å². The SMILES string of the molecule is CCn1c(=O)c(N2CCCC(C(=O)NCCC3=CCCCC3)C2)nc2cccnc21. The summed E-state index contributed by atoms with van der Waals surface area (Å²) in [5.74, 6) is 0.413. The van der Waals surface area contributed by atoms with Gasteiger partial charge in [0.1, 0.15) is 5.52 Å². The van der Waals surface area contributed by atoms with E-state index in [1.807, 2.05) is 24.0 Å². The van der Waals surface area contributed by atoms with Gasteiger partial charge in [0.05, 0.1) is 5.92 Å². The fourth-order valence-electron chi connectivity index (χ4n) is 4.57. The van der Waals surface area contributed by atoms with Gasteiger partial charge >= 0.3 is 0 Å².